The predicted octanol–water partition coefficient (Wildman–Crippen LogP) is 4.55. The van der Waals surface area contributed by atoms with E-state index in [-0.39, 0.29) is 10.7 Å². The number of ether oxygens (including phenoxy) is 3. The third kappa shape index (κ3) is 2.39. The number of nitrogens with zero attached hydrogens (tertiary/aromatic N) is 1. The van der Waals surface area contributed by atoms with Gasteiger partial charge in [0, 0.05) is 24.8 Å². The van der Waals surface area contributed by atoms with Crippen molar-refractivity contribution in [2.24, 2.45) is 0 Å². The lowest BCUT2D eigenvalue weighted by Crippen LogP contribution is -2.49. The molecule has 0 aliphatic carbocycles. The molecule has 0 saturated carbocycles. The molecule has 2 heterocycles. The van der Waals surface area contributed by atoms with Crippen molar-refractivity contribution in [2.45, 2.75) is 31.8 Å². The highest BCUT2D eigenvalue weighted by molar-refractivity contribution is 6.12. The van der Waals surface area contributed by atoms with Gasteiger partial charge >= 0.3 is 0 Å². The van der Waals surface area contributed by atoms with E-state index in [4.69, 9.17) is 14.2 Å². The second-order valence-electron chi connectivity index (χ2n) is 7.96. The van der Waals surface area contributed by atoms with Crippen molar-refractivity contribution in [2.75, 3.05) is 27.9 Å². The second kappa shape index (κ2) is 6.26. The first kappa shape index (κ1) is 17.6. The molecule has 3 aromatic rings. The summed E-state index contributed by atoms with van der Waals surface area (Å²) in [5.41, 5.74) is 2.48. The van der Waals surface area contributed by atoms with Gasteiger partial charge in [0.2, 0.25) is 0 Å². The number of hydrogen-bond donors (Lipinski definition) is 0. The van der Waals surface area contributed by atoms with Crippen LogP contribution in [0.4, 0.5) is 0 Å². The summed E-state index contributed by atoms with van der Waals surface area (Å²) in [4.78, 5) is 0. The third-order valence-corrected chi connectivity index (χ3v) is 6.66. The van der Waals surface area contributed by atoms with Crippen LogP contribution in [0.15, 0.2) is 30.3 Å². The molecule has 0 aromatic heterocycles. The molecule has 0 amide bonds. The molecule has 1 fully saturated rings. The monoisotopic (exact) mass is 379 g/mol. The molecular formula is C23H25NO4. The Balaban J connectivity index is 1.89. The van der Waals surface area contributed by atoms with E-state index < -0.39 is 0 Å². The largest absolute Gasteiger partial charge is 0.632 e. The number of rotatable bonds is 3. The van der Waals surface area contributed by atoms with Gasteiger partial charge in [0.1, 0.15) is 12.3 Å². The number of hydrogen-bond acceptors (Lipinski definition) is 4. The molecule has 0 bridgehead atoms. The first-order valence-corrected chi connectivity index (χ1v) is 9.83. The number of fused-ring (bicyclic) bond motifs is 7. The molecule has 5 nitrogen and oxygen atoms in total. The summed E-state index contributed by atoms with van der Waals surface area (Å²) in [6.07, 6.45) is 2.86. The second-order valence-corrected chi connectivity index (χ2v) is 7.96. The summed E-state index contributed by atoms with van der Waals surface area (Å²) < 4.78 is 16.6. The number of methoxy groups -OCH3 is 3. The minimum atomic E-state index is -0.0765. The summed E-state index contributed by atoms with van der Waals surface area (Å²) in [5, 5.41) is 18.0. The van der Waals surface area contributed by atoms with Crippen molar-refractivity contribution < 1.29 is 18.9 Å². The van der Waals surface area contributed by atoms with E-state index in [0.29, 0.717) is 12.3 Å². The number of benzene rings is 3. The van der Waals surface area contributed by atoms with Crippen LogP contribution >= 0.6 is 0 Å². The van der Waals surface area contributed by atoms with Crippen LogP contribution in [-0.2, 0) is 13.0 Å². The summed E-state index contributed by atoms with van der Waals surface area (Å²) in [6, 6.07) is 10.4. The van der Waals surface area contributed by atoms with E-state index >= 15 is 0 Å². The standard InChI is InChI=1S/C23H25NO4/c1-26-15-6-7-16-18(10-15)20-12-23(28-3)22(27-2)11-19(20)17-9-14-5-4-8-24(14,25)13-21(16)17/h6-7,10-12,14H,4-5,8-9,13H2,1-3H3. The molecule has 2 atom stereocenters. The molecule has 2 aliphatic heterocycles. The highest BCUT2D eigenvalue weighted by Gasteiger charge is 2.40. The van der Waals surface area contributed by atoms with E-state index in [1.54, 1.807) is 21.3 Å². The van der Waals surface area contributed by atoms with E-state index in [2.05, 4.69) is 24.3 Å². The normalized spacial score (nSPS) is 23.5. The Bertz CT molecular complexity index is 1090. The van der Waals surface area contributed by atoms with Gasteiger partial charge in [0.05, 0.1) is 33.9 Å². The Labute approximate surface area is 164 Å². The third-order valence-electron chi connectivity index (χ3n) is 6.66. The van der Waals surface area contributed by atoms with Crippen molar-refractivity contribution in [1.29, 1.82) is 0 Å². The van der Waals surface area contributed by atoms with Gasteiger partial charge in [-0.15, -0.1) is 0 Å². The van der Waals surface area contributed by atoms with Crippen molar-refractivity contribution >= 4 is 21.5 Å². The summed E-state index contributed by atoms with van der Waals surface area (Å²) in [6.45, 7) is 1.28. The first-order chi connectivity index (χ1) is 13.6. The molecule has 3 aromatic carbocycles. The van der Waals surface area contributed by atoms with E-state index in [1.165, 1.54) is 11.1 Å². The van der Waals surface area contributed by atoms with E-state index in [9.17, 15) is 5.21 Å². The zero-order chi connectivity index (χ0) is 19.5. The van der Waals surface area contributed by atoms with Crippen molar-refractivity contribution in [3.63, 3.8) is 0 Å². The van der Waals surface area contributed by atoms with Crippen molar-refractivity contribution in [3.05, 3.63) is 46.7 Å². The van der Waals surface area contributed by atoms with Crippen molar-refractivity contribution in [1.82, 2.24) is 0 Å². The number of hydroxylamine groups is 3. The quantitative estimate of drug-likeness (QED) is 0.380. The zero-order valence-electron chi connectivity index (χ0n) is 16.6. The SMILES string of the molecule is COc1ccc2c3c(c4cc(OC)c(OC)cc4c2c1)CC1CCC[N+]1([O-])C3. The molecular weight excluding hydrogens is 354 g/mol. The molecule has 0 N–H and O–H groups in total. The Hall–Kier alpha value is -2.50. The van der Waals surface area contributed by atoms with Gasteiger partial charge in [0.15, 0.2) is 11.5 Å². The average molecular weight is 379 g/mol. The van der Waals surface area contributed by atoms with Crippen LogP contribution in [-0.4, -0.2) is 38.6 Å². The van der Waals surface area contributed by atoms with Crippen LogP contribution in [0, 0.1) is 5.21 Å². The van der Waals surface area contributed by atoms with Crippen LogP contribution in [0.3, 0.4) is 0 Å². The lowest BCUT2D eigenvalue weighted by Gasteiger charge is -2.48. The van der Waals surface area contributed by atoms with Gasteiger partial charge in [-0.05, 0) is 51.4 Å². The molecule has 5 rings (SSSR count). The molecule has 146 valence electrons. The van der Waals surface area contributed by atoms with Crippen LogP contribution < -0.4 is 14.2 Å². The van der Waals surface area contributed by atoms with Gasteiger partial charge in [-0.1, -0.05) is 6.07 Å². The Morgan fingerprint density at radius 1 is 0.857 bits per heavy atom. The lowest BCUT2D eigenvalue weighted by atomic mass is 9.85. The van der Waals surface area contributed by atoms with Crippen LogP contribution in [0.1, 0.15) is 24.0 Å². The summed E-state index contributed by atoms with van der Waals surface area (Å²) in [5.74, 6) is 2.24. The van der Waals surface area contributed by atoms with Crippen molar-refractivity contribution in [3.8, 4) is 17.2 Å². The average Bonchev–Trinajstić information content (AvgIpc) is 3.11. The van der Waals surface area contributed by atoms with Gasteiger partial charge in [-0.2, -0.15) is 0 Å². The topological polar surface area (TPSA) is 50.8 Å². The molecule has 2 unspecified atom stereocenters. The van der Waals surface area contributed by atoms with Crippen LogP contribution in [0.5, 0.6) is 17.2 Å². The van der Waals surface area contributed by atoms with Crippen LogP contribution in [0.2, 0.25) is 0 Å². The first-order valence-electron chi connectivity index (χ1n) is 9.83. The van der Waals surface area contributed by atoms with Gasteiger partial charge in [-0.3, -0.25) is 0 Å². The maximum Gasteiger partial charge on any atom is 0.161 e. The van der Waals surface area contributed by atoms with E-state index in [0.717, 1.165) is 58.9 Å². The Morgan fingerprint density at radius 2 is 1.57 bits per heavy atom. The maximum atomic E-state index is 13.4. The summed E-state index contributed by atoms with van der Waals surface area (Å²) in [7, 11) is 5.00. The van der Waals surface area contributed by atoms with Gasteiger partial charge in [0.25, 0.3) is 0 Å². The number of quaternary nitrogens is 1. The molecule has 5 heteroatoms. The van der Waals surface area contributed by atoms with E-state index in [1.807, 2.05) is 6.07 Å². The van der Waals surface area contributed by atoms with Gasteiger partial charge < -0.3 is 24.1 Å². The molecule has 2 aliphatic rings. The fourth-order valence-corrected chi connectivity index (χ4v) is 5.22. The fraction of sp³-hybridized carbons (Fsp3) is 0.391. The Morgan fingerprint density at radius 3 is 2.29 bits per heavy atom. The Kier molecular flexibility index (Phi) is 3.93. The highest BCUT2D eigenvalue weighted by Crippen LogP contribution is 2.46. The van der Waals surface area contributed by atoms with Gasteiger partial charge in [-0.25, -0.2) is 0 Å². The predicted molar refractivity (Wildman–Crippen MR) is 110 cm³/mol. The molecule has 1 saturated heterocycles. The minimum absolute atomic E-state index is 0.0765. The smallest absolute Gasteiger partial charge is 0.161 e. The highest BCUT2D eigenvalue weighted by atomic mass is 16.5. The van der Waals surface area contributed by atoms with Crippen LogP contribution in [0.25, 0.3) is 21.5 Å². The fourth-order valence-electron chi connectivity index (χ4n) is 5.22. The maximum absolute atomic E-state index is 13.4. The molecule has 0 spiro atoms. The lowest BCUT2D eigenvalue weighted by molar-refractivity contribution is -0.907. The zero-order valence-corrected chi connectivity index (χ0v) is 16.6. The molecule has 28 heavy (non-hydrogen) atoms. The minimum Gasteiger partial charge on any atom is -0.632 e. The molecule has 0 radical (unpaired) electrons. The summed E-state index contributed by atoms with van der Waals surface area (Å²) >= 11 is 0.